The number of aromatic nitrogens is 1. The second kappa shape index (κ2) is 4.73. The molecule has 0 saturated carbocycles. The van der Waals surface area contributed by atoms with Crippen molar-refractivity contribution in [1.82, 2.24) is 4.57 Å². The minimum atomic E-state index is 0.672. The van der Waals surface area contributed by atoms with E-state index >= 15 is 0 Å². The summed E-state index contributed by atoms with van der Waals surface area (Å²) in [6.45, 7) is 4.60. The normalized spacial score (nSPS) is 13.2. The SMILES string of the molecule is CCCCC(C)c1cn(C)c2ccccc12. The molecule has 0 aliphatic heterocycles. The quantitative estimate of drug-likeness (QED) is 0.709. The van der Waals surface area contributed by atoms with Crippen molar-refractivity contribution in [3.05, 3.63) is 36.0 Å². The molecule has 2 aromatic rings. The van der Waals surface area contributed by atoms with Crippen LogP contribution in [0.4, 0.5) is 0 Å². The van der Waals surface area contributed by atoms with Gasteiger partial charge in [0.25, 0.3) is 0 Å². The highest BCUT2D eigenvalue weighted by Crippen LogP contribution is 2.29. The first kappa shape index (κ1) is 11.3. The van der Waals surface area contributed by atoms with E-state index in [1.165, 1.54) is 35.7 Å². The number of aryl methyl sites for hydroxylation is 1. The third-order valence-corrected chi connectivity index (χ3v) is 3.45. The van der Waals surface area contributed by atoms with Gasteiger partial charge < -0.3 is 4.57 Å². The number of hydrogen-bond acceptors (Lipinski definition) is 0. The molecule has 1 aromatic carbocycles. The van der Waals surface area contributed by atoms with Crippen molar-refractivity contribution in [1.29, 1.82) is 0 Å². The maximum atomic E-state index is 2.34. The maximum absolute atomic E-state index is 2.34. The van der Waals surface area contributed by atoms with Crippen LogP contribution in [0.25, 0.3) is 10.9 Å². The molecule has 1 nitrogen and oxygen atoms in total. The van der Waals surface area contributed by atoms with Crippen molar-refractivity contribution in [2.75, 3.05) is 0 Å². The summed E-state index contributed by atoms with van der Waals surface area (Å²) in [5.74, 6) is 0.672. The Hall–Kier alpha value is -1.24. The third kappa shape index (κ3) is 1.99. The Labute approximate surface area is 98.1 Å². The smallest absolute Gasteiger partial charge is 0.0480 e. The molecule has 16 heavy (non-hydrogen) atoms. The van der Waals surface area contributed by atoms with E-state index in [9.17, 15) is 0 Å². The molecule has 0 saturated heterocycles. The van der Waals surface area contributed by atoms with E-state index in [0.717, 1.165) is 0 Å². The lowest BCUT2D eigenvalue weighted by Gasteiger charge is -2.09. The van der Waals surface area contributed by atoms with Crippen LogP contribution >= 0.6 is 0 Å². The van der Waals surface area contributed by atoms with Crippen molar-refractivity contribution in [3.63, 3.8) is 0 Å². The van der Waals surface area contributed by atoms with Gasteiger partial charge in [-0.1, -0.05) is 44.9 Å². The molecule has 0 amide bonds. The van der Waals surface area contributed by atoms with Gasteiger partial charge in [0, 0.05) is 24.1 Å². The Kier molecular flexibility index (Phi) is 3.33. The lowest BCUT2D eigenvalue weighted by molar-refractivity contribution is 0.626. The lowest BCUT2D eigenvalue weighted by atomic mass is 9.95. The average molecular weight is 215 g/mol. The van der Waals surface area contributed by atoms with Gasteiger partial charge in [0.2, 0.25) is 0 Å². The Morgan fingerprint density at radius 3 is 2.75 bits per heavy atom. The van der Waals surface area contributed by atoms with Gasteiger partial charge in [-0.2, -0.15) is 0 Å². The number of rotatable bonds is 4. The topological polar surface area (TPSA) is 4.93 Å². The number of nitrogens with zero attached hydrogens (tertiary/aromatic N) is 1. The Bertz CT molecular complexity index is 467. The summed E-state index contributed by atoms with van der Waals surface area (Å²) >= 11 is 0. The minimum absolute atomic E-state index is 0.672. The zero-order valence-corrected chi connectivity index (χ0v) is 10.5. The fourth-order valence-electron chi connectivity index (χ4n) is 2.43. The molecule has 1 heteroatoms. The highest BCUT2D eigenvalue weighted by Gasteiger charge is 2.11. The van der Waals surface area contributed by atoms with Crippen molar-refractivity contribution in [2.24, 2.45) is 7.05 Å². The van der Waals surface area contributed by atoms with Crippen molar-refractivity contribution in [3.8, 4) is 0 Å². The molecule has 0 spiro atoms. The molecule has 2 rings (SSSR count). The van der Waals surface area contributed by atoms with Crippen LogP contribution < -0.4 is 0 Å². The summed E-state index contributed by atoms with van der Waals surface area (Å²) in [6.07, 6.45) is 6.20. The molecule has 0 aliphatic carbocycles. The fraction of sp³-hybridized carbons (Fsp3) is 0.467. The number of unbranched alkanes of at least 4 members (excludes halogenated alkanes) is 1. The van der Waals surface area contributed by atoms with Crippen molar-refractivity contribution >= 4 is 10.9 Å². The van der Waals surface area contributed by atoms with Crippen LogP contribution in [0.15, 0.2) is 30.5 Å². The van der Waals surface area contributed by atoms with Gasteiger partial charge in [0.05, 0.1) is 0 Å². The first-order valence-electron chi connectivity index (χ1n) is 6.28. The average Bonchev–Trinajstić information content (AvgIpc) is 2.65. The van der Waals surface area contributed by atoms with Crippen LogP contribution in [0, 0.1) is 0 Å². The second-order valence-electron chi connectivity index (χ2n) is 4.76. The van der Waals surface area contributed by atoms with Crippen LogP contribution in [0.3, 0.4) is 0 Å². The molecule has 1 aromatic heterocycles. The van der Waals surface area contributed by atoms with Gasteiger partial charge in [0.15, 0.2) is 0 Å². The largest absolute Gasteiger partial charge is 0.350 e. The molecular formula is C15H21N. The summed E-state index contributed by atoms with van der Waals surface area (Å²) in [7, 11) is 2.14. The van der Waals surface area contributed by atoms with E-state index in [1.807, 2.05) is 0 Å². The molecule has 0 radical (unpaired) electrons. The molecule has 1 heterocycles. The van der Waals surface area contributed by atoms with Gasteiger partial charge in [0.1, 0.15) is 0 Å². The summed E-state index contributed by atoms with van der Waals surface area (Å²) in [5, 5.41) is 1.42. The minimum Gasteiger partial charge on any atom is -0.350 e. The summed E-state index contributed by atoms with van der Waals surface area (Å²) in [4.78, 5) is 0. The zero-order valence-electron chi connectivity index (χ0n) is 10.5. The maximum Gasteiger partial charge on any atom is 0.0480 e. The first-order chi connectivity index (χ1) is 7.74. The fourth-order valence-corrected chi connectivity index (χ4v) is 2.43. The Balaban J connectivity index is 2.37. The van der Waals surface area contributed by atoms with E-state index in [0.29, 0.717) is 5.92 Å². The Morgan fingerprint density at radius 2 is 2.00 bits per heavy atom. The molecule has 1 atom stereocenters. The first-order valence-corrected chi connectivity index (χ1v) is 6.28. The van der Waals surface area contributed by atoms with Crippen LogP contribution in [-0.4, -0.2) is 4.57 Å². The number of para-hydroxylation sites is 1. The van der Waals surface area contributed by atoms with E-state index in [2.05, 4.69) is 55.9 Å². The van der Waals surface area contributed by atoms with Gasteiger partial charge in [-0.25, -0.2) is 0 Å². The van der Waals surface area contributed by atoms with E-state index in [1.54, 1.807) is 0 Å². The highest BCUT2D eigenvalue weighted by atomic mass is 14.9. The van der Waals surface area contributed by atoms with E-state index in [4.69, 9.17) is 0 Å². The molecule has 0 aliphatic rings. The van der Waals surface area contributed by atoms with Gasteiger partial charge in [-0.05, 0) is 24.0 Å². The summed E-state index contributed by atoms with van der Waals surface area (Å²) in [6, 6.07) is 8.69. The standard InChI is InChI=1S/C15H21N/c1-4-5-8-12(2)14-11-16(3)15-10-7-6-9-13(14)15/h6-7,9-12H,4-5,8H2,1-3H3. The highest BCUT2D eigenvalue weighted by molar-refractivity contribution is 5.84. The van der Waals surface area contributed by atoms with Gasteiger partial charge in [-0.15, -0.1) is 0 Å². The summed E-state index contributed by atoms with van der Waals surface area (Å²) < 4.78 is 2.24. The Morgan fingerprint density at radius 1 is 1.25 bits per heavy atom. The van der Waals surface area contributed by atoms with Gasteiger partial charge in [-0.3, -0.25) is 0 Å². The van der Waals surface area contributed by atoms with Crippen molar-refractivity contribution in [2.45, 2.75) is 39.0 Å². The molecule has 1 unspecified atom stereocenters. The van der Waals surface area contributed by atoms with Crippen LogP contribution in [-0.2, 0) is 7.05 Å². The van der Waals surface area contributed by atoms with Crippen LogP contribution in [0.5, 0.6) is 0 Å². The molecular weight excluding hydrogens is 194 g/mol. The number of benzene rings is 1. The van der Waals surface area contributed by atoms with Crippen LogP contribution in [0.2, 0.25) is 0 Å². The second-order valence-corrected chi connectivity index (χ2v) is 4.76. The third-order valence-electron chi connectivity index (χ3n) is 3.45. The molecule has 86 valence electrons. The monoisotopic (exact) mass is 215 g/mol. The van der Waals surface area contributed by atoms with E-state index in [-0.39, 0.29) is 0 Å². The van der Waals surface area contributed by atoms with Crippen molar-refractivity contribution < 1.29 is 0 Å². The summed E-state index contributed by atoms with van der Waals surface area (Å²) in [5.41, 5.74) is 2.85. The molecule has 0 N–H and O–H groups in total. The predicted molar refractivity (Wildman–Crippen MR) is 70.9 cm³/mol. The number of fused-ring (bicyclic) bond motifs is 1. The van der Waals surface area contributed by atoms with E-state index < -0.39 is 0 Å². The number of hydrogen-bond donors (Lipinski definition) is 0. The molecule has 0 bridgehead atoms. The zero-order chi connectivity index (χ0) is 11.5. The lowest BCUT2D eigenvalue weighted by Crippen LogP contribution is -1.92. The predicted octanol–water partition coefficient (Wildman–Crippen LogP) is 4.47. The van der Waals surface area contributed by atoms with Crippen LogP contribution in [0.1, 0.15) is 44.6 Å². The van der Waals surface area contributed by atoms with Gasteiger partial charge >= 0.3 is 0 Å². The molecule has 0 fully saturated rings.